The number of nitrogens with one attached hydrogen (secondary N) is 1. The minimum atomic E-state index is -4.04. The zero-order chi connectivity index (χ0) is 18.6. The highest BCUT2D eigenvalue weighted by Crippen LogP contribution is 2.30. The van der Waals surface area contributed by atoms with Crippen LogP contribution in [0.15, 0.2) is 23.1 Å². The van der Waals surface area contributed by atoms with Crippen LogP contribution in [0.3, 0.4) is 0 Å². The largest absolute Gasteiger partial charge is 0.495 e. The van der Waals surface area contributed by atoms with E-state index in [2.05, 4.69) is 5.32 Å². The van der Waals surface area contributed by atoms with Crippen LogP contribution in [-0.2, 0) is 14.8 Å². The van der Waals surface area contributed by atoms with Crippen molar-refractivity contribution in [3.05, 3.63) is 28.3 Å². The number of nitro benzene ring substituents is 1. The van der Waals surface area contributed by atoms with Crippen LogP contribution in [0.25, 0.3) is 0 Å². The first-order valence-electron chi connectivity index (χ1n) is 7.54. The van der Waals surface area contributed by atoms with E-state index in [1.807, 2.05) is 0 Å². The van der Waals surface area contributed by atoms with Crippen molar-refractivity contribution in [2.75, 3.05) is 46.9 Å². The van der Waals surface area contributed by atoms with Gasteiger partial charge in [0.1, 0.15) is 10.6 Å². The second kappa shape index (κ2) is 7.76. The van der Waals surface area contributed by atoms with Crippen molar-refractivity contribution in [1.29, 1.82) is 0 Å². The van der Waals surface area contributed by atoms with E-state index in [-0.39, 0.29) is 28.8 Å². The van der Waals surface area contributed by atoms with Gasteiger partial charge in [0.05, 0.1) is 24.6 Å². The predicted molar refractivity (Wildman–Crippen MR) is 88.9 cm³/mol. The zero-order valence-electron chi connectivity index (χ0n) is 14.0. The van der Waals surface area contributed by atoms with Gasteiger partial charge >= 0.3 is 0 Å². The van der Waals surface area contributed by atoms with Crippen molar-refractivity contribution in [1.82, 2.24) is 14.5 Å². The number of piperazine rings is 1. The lowest BCUT2D eigenvalue weighted by Crippen LogP contribution is -2.49. The molecule has 1 aromatic carbocycles. The molecule has 11 heteroatoms. The van der Waals surface area contributed by atoms with E-state index in [9.17, 15) is 23.3 Å². The average molecular weight is 372 g/mol. The summed E-state index contributed by atoms with van der Waals surface area (Å²) in [5.41, 5.74) is -0.282. The quantitative estimate of drug-likeness (QED) is 0.535. The van der Waals surface area contributed by atoms with E-state index < -0.39 is 14.9 Å². The molecule has 0 atom stereocenters. The van der Waals surface area contributed by atoms with E-state index in [0.717, 1.165) is 22.5 Å². The first kappa shape index (κ1) is 19.1. The molecule has 1 aliphatic rings. The van der Waals surface area contributed by atoms with Gasteiger partial charge in [-0.25, -0.2) is 8.42 Å². The van der Waals surface area contributed by atoms with Crippen LogP contribution in [0.1, 0.15) is 0 Å². The van der Waals surface area contributed by atoms with Crippen LogP contribution in [-0.4, -0.2) is 75.3 Å². The zero-order valence-corrected chi connectivity index (χ0v) is 14.8. The lowest BCUT2D eigenvalue weighted by Gasteiger charge is -2.29. The number of nitrogens with zero attached hydrogens (tertiary/aromatic N) is 3. The Balaban J connectivity index is 2.22. The van der Waals surface area contributed by atoms with Gasteiger partial charge in [-0.1, -0.05) is 0 Å². The highest BCUT2D eigenvalue weighted by atomic mass is 32.2. The Morgan fingerprint density at radius 3 is 2.60 bits per heavy atom. The number of benzene rings is 1. The molecule has 2 rings (SSSR count). The second-order valence-corrected chi connectivity index (χ2v) is 7.50. The number of rotatable bonds is 6. The summed E-state index contributed by atoms with van der Waals surface area (Å²) in [6, 6.07) is 3.23. The van der Waals surface area contributed by atoms with Crippen molar-refractivity contribution in [3.63, 3.8) is 0 Å². The highest BCUT2D eigenvalue weighted by Gasteiger charge is 2.29. The maximum absolute atomic E-state index is 12.7. The molecule has 0 radical (unpaired) electrons. The number of non-ortho nitro benzene ring substituents is 1. The molecular weight excluding hydrogens is 352 g/mol. The third kappa shape index (κ3) is 4.24. The lowest BCUT2D eigenvalue weighted by molar-refractivity contribution is -0.385. The van der Waals surface area contributed by atoms with Gasteiger partial charge in [0.2, 0.25) is 15.9 Å². The van der Waals surface area contributed by atoms with Gasteiger partial charge < -0.3 is 15.0 Å². The van der Waals surface area contributed by atoms with Crippen LogP contribution in [0, 0.1) is 10.1 Å². The first-order valence-corrected chi connectivity index (χ1v) is 8.98. The highest BCUT2D eigenvalue weighted by molar-refractivity contribution is 7.89. The molecule has 0 saturated carbocycles. The maximum Gasteiger partial charge on any atom is 0.273 e. The number of ether oxygens (including phenoxy) is 1. The number of hydrogen-bond donors (Lipinski definition) is 1. The van der Waals surface area contributed by atoms with Crippen LogP contribution in [0.2, 0.25) is 0 Å². The summed E-state index contributed by atoms with van der Waals surface area (Å²) >= 11 is 0. The molecule has 10 nitrogen and oxygen atoms in total. The molecule has 1 aromatic rings. The number of amides is 1. The first-order chi connectivity index (χ1) is 11.8. The second-order valence-electron chi connectivity index (χ2n) is 5.48. The van der Waals surface area contributed by atoms with Gasteiger partial charge in [-0.05, 0) is 6.07 Å². The van der Waals surface area contributed by atoms with E-state index in [4.69, 9.17) is 4.74 Å². The Bertz CT molecular complexity index is 761. The third-order valence-corrected chi connectivity index (χ3v) is 5.72. The number of methoxy groups -OCH3 is 1. The molecule has 1 heterocycles. The monoisotopic (exact) mass is 372 g/mol. The molecule has 1 saturated heterocycles. The maximum atomic E-state index is 12.7. The number of carbonyl (C=O) groups is 1. The summed E-state index contributed by atoms with van der Waals surface area (Å²) in [7, 11) is -1.52. The molecule has 1 aliphatic heterocycles. The number of carbonyl (C=O) groups excluding carboxylic acids is 1. The summed E-state index contributed by atoms with van der Waals surface area (Å²) in [5.74, 6) is -0.441. The van der Waals surface area contributed by atoms with Crippen molar-refractivity contribution >= 4 is 21.6 Å². The van der Waals surface area contributed by atoms with Crippen LogP contribution in [0.5, 0.6) is 5.75 Å². The van der Waals surface area contributed by atoms with Crippen molar-refractivity contribution in [2.45, 2.75) is 4.90 Å². The summed E-state index contributed by atoms with van der Waals surface area (Å²) in [4.78, 5) is 23.8. The summed E-state index contributed by atoms with van der Waals surface area (Å²) in [6.07, 6.45) is 0. The molecule has 1 N–H and O–H groups in total. The summed E-state index contributed by atoms with van der Waals surface area (Å²) in [5, 5.41) is 13.9. The fraction of sp³-hybridized carbons (Fsp3) is 0.500. The van der Waals surface area contributed by atoms with Gasteiger partial charge in [-0.15, -0.1) is 0 Å². The van der Waals surface area contributed by atoms with E-state index in [0.29, 0.717) is 26.2 Å². The lowest BCUT2D eigenvalue weighted by atomic mass is 10.3. The Morgan fingerprint density at radius 1 is 1.40 bits per heavy atom. The molecule has 0 aromatic heterocycles. The predicted octanol–water partition coefficient (Wildman–Crippen LogP) is -0.344. The van der Waals surface area contributed by atoms with Crippen LogP contribution in [0.4, 0.5) is 5.69 Å². The Kier molecular flexibility index (Phi) is 5.93. The van der Waals surface area contributed by atoms with E-state index >= 15 is 0 Å². The number of nitro groups is 1. The number of likely N-dealkylation sites (N-methyl/N-ethyl adjacent to an activating group) is 1. The van der Waals surface area contributed by atoms with E-state index in [1.165, 1.54) is 14.2 Å². The minimum absolute atomic E-state index is 0.143. The standard InChI is InChI=1S/C14H20N4O6S/c1-16(10-14(19)17-7-5-15-6-8-17)25(22,23)13-4-3-11(18(20)21)9-12(13)24-2/h3-4,9,15H,5-8,10H2,1-2H3. The van der Waals surface area contributed by atoms with Crippen molar-refractivity contribution < 1.29 is 22.9 Å². The van der Waals surface area contributed by atoms with Crippen molar-refractivity contribution in [2.24, 2.45) is 0 Å². The van der Waals surface area contributed by atoms with Crippen LogP contribution < -0.4 is 10.1 Å². The Morgan fingerprint density at radius 2 is 2.04 bits per heavy atom. The normalized spacial score (nSPS) is 15.2. The van der Waals surface area contributed by atoms with Crippen LogP contribution >= 0.6 is 0 Å². The average Bonchev–Trinajstić information content (AvgIpc) is 2.61. The van der Waals surface area contributed by atoms with Gasteiger partial charge in [0.25, 0.3) is 5.69 Å². The van der Waals surface area contributed by atoms with Gasteiger partial charge in [0.15, 0.2) is 0 Å². The molecule has 1 amide bonds. The number of sulfonamides is 1. The molecule has 0 unspecified atom stereocenters. The molecule has 0 bridgehead atoms. The molecule has 25 heavy (non-hydrogen) atoms. The van der Waals surface area contributed by atoms with Gasteiger partial charge in [-0.2, -0.15) is 4.31 Å². The van der Waals surface area contributed by atoms with E-state index in [1.54, 1.807) is 4.90 Å². The molecule has 138 valence electrons. The molecule has 0 spiro atoms. The summed E-state index contributed by atoms with van der Waals surface area (Å²) < 4.78 is 31.3. The number of hydrogen-bond acceptors (Lipinski definition) is 7. The minimum Gasteiger partial charge on any atom is -0.495 e. The summed E-state index contributed by atoms with van der Waals surface area (Å²) in [6.45, 7) is 2.06. The van der Waals surface area contributed by atoms with Crippen molar-refractivity contribution in [3.8, 4) is 5.75 Å². The topological polar surface area (TPSA) is 122 Å². The third-order valence-electron chi connectivity index (χ3n) is 3.87. The fourth-order valence-electron chi connectivity index (χ4n) is 2.44. The molecule has 0 aliphatic carbocycles. The van der Waals surface area contributed by atoms with Gasteiger partial charge in [0, 0.05) is 39.3 Å². The fourth-order valence-corrected chi connectivity index (χ4v) is 3.69. The van der Waals surface area contributed by atoms with Gasteiger partial charge in [-0.3, -0.25) is 14.9 Å². The SMILES string of the molecule is COc1cc([N+](=O)[O-])ccc1S(=O)(=O)N(C)CC(=O)N1CCNCC1. The molecule has 1 fully saturated rings. The molecular formula is C14H20N4O6S. The smallest absolute Gasteiger partial charge is 0.273 e. The Hall–Kier alpha value is -2.24. The Labute approximate surface area is 145 Å².